The Kier molecular flexibility index (Phi) is 11.4. The first kappa shape index (κ1) is 33.3. The van der Waals surface area contributed by atoms with Crippen molar-refractivity contribution in [3.05, 3.63) is 126 Å². The molecule has 4 rings (SSSR count). The van der Waals surface area contributed by atoms with Gasteiger partial charge in [0.15, 0.2) is 0 Å². The average Bonchev–Trinajstić information content (AvgIpc) is 3.05. The molecule has 1 N–H and O–H groups in total. The van der Waals surface area contributed by atoms with Crippen molar-refractivity contribution in [1.29, 1.82) is 0 Å². The van der Waals surface area contributed by atoms with E-state index in [4.69, 9.17) is 4.74 Å². The molecule has 2 amide bonds. The predicted molar refractivity (Wildman–Crippen MR) is 178 cm³/mol. The molecule has 4 aromatic rings. The van der Waals surface area contributed by atoms with Gasteiger partial charge < -0.3 is 15.0 Å². The topological polar surface area (TPSA) is 96.0 Å². The van der Waals surface area contributed by atoms with Gasteiger partial charge in [-0.05, 0) is 55.7 Å². The molecule has 0 fully saturated rings. The van der Waals surface area contributed by atoms with Gasteiger partial charge in [-0.1, -0.05) is 97.4 Å². The quantitative estimate of drug-likeness (QED) is 0.192. The number of para-hydroxylation sites is 2. The highest BCUT2D eigenvalue weighted by atomic mass is 32.2. The van der Waals surface area contributed by atoms with Crippen LogP contribution in [-0.4, -0.2) is 50.9 Å². The molecule has 0 unspecified atom stereocenters. The highest BCUT2D eigenvalue weighted by molar-refractivity contribution is 7.92. The molecular formula is C36H41N3O5S. The molecule has 45 heavy (non-hydrogen) atoms. The van der Waals surface area contributed by atoms with Gasteiger partial charge in [-0.3, -0.25) is 13.9 Å². The molecule has 0 aliphatic rings. The lowest BCUT2D eigenvalue weighted by Crippen LogP contribution is -2.54. The van der Waals surface area contributed by atoms with Gasteiger partial charge in [0.1, 0.15) is 18.3 Å². The molecule has 0 aliphatic heterocycles. The number of aryl methyl sites for hydroxylation is 1. The number of methoxy groups -OCH3 is 1. The Bertz CT molecular complexity index is 1680. The monoisotopic (exact) mass is 627 g/mol. The first-order chi connectivity index (χ1) is 21.6. The zero-order valence-electron chi connectivity index (χ0n) is 26.2. The number of hydrogen-bond acceptors (Lipinski definition) is 5. The lowest BCUT2D eigenvalue weighted by molar-refractivity contribution is -0.140. The van der Waals surface area contributed by atoms with E-state index in [9.17, 15) is 18.0 Å². The maximum atomic E-state index is 14.6. The molecule has 9 heteroatoms. The SMILES string of the molecule is CC[C@@H](C)NC(=O)[C@@H](Cc1ccccc1)N(Cc1cccc(C)c1)C(=O)CN(c1ccccc1OC)S(=O)(=O)c1ccccc1. The molecule has 2 atom stereocenters. The minimum atomic E-state index is -4.22. The van der Waals surface area contributed by atoms with Gasteiger partial charge in [0.05, 0.1) is 17.7 Å². The van der Waals surface area contributed by atoms with Gasteiger partial charge in [-0.2, -0.15) is 0 Å². The third-order valence-corrected chi connectivity index (χ3v) is 9.45. The molecule has 0 aromatic heterocycles. The number of nitrogens with one attached hydrogen (secondary N) is 1. The van der Waals surface area contributed by atoms with Crippen LogP contribution in [0.2, 0.25) is 0 Å². The second-order valence-corrected chi connectivity index (χ2v) is 12.9. The third-order valence-electron chi connectivity index (χ3n) is 7.67. The van der Waals surface area contributed by atoms with Gasteiger partial charge in [0, 0.05) is 19.0 Å². The van der Waals surface area contributed by atoms with E-state index in [0.29, 0.717) is 12.2 Å². The summed E-state index contributed by atoms with van der Waals surface area (Å²) in [5.41, 5.74) is 2.93. The van der Waals surface area contributed by atoms with E-state index in [2.05, 4.69) is 5.32 Å². The number of benzene rings is 4. The van der Waals surface area contributed by atoms with E-state index in [0.717, 1.165) is 21.0 Å². The second kappa shape index (κ2) is 15.4. The van der Waals surface area contributed by atoms with Crippen LogP contribution >= 0.6 is 0 Å². The van der Waals surface area contributed by atoms with Gasteiger partial charge in [0.25, 0.3) is 10.0 Å². The number of amides is 2. The maximum Gasteiger partial charge on any atom is 0.264 e. The summed E-state index contributed by atoms with van der Waals surface area (Å²) in [5.74, 6) is -0.531. The van der Waals surface area contributed by atoms with Crippen molar-refractivity contribution in [2.75, 3.05) is 18.0 Å². The Morgan fingerprint density at radius 1 is 0.844 bits per heavy atom. The number of ether oxygens (including phenoxy) is 1. The van der Waals surface area contributed by atoms with Crippen LogP contribution in [0.4, 0.5) is 5.69 Å². The fourth-order valence-electron chi connectivity index (χ4n) is 5.07. The Hall–Kier alpha value is -4.63. The molecule has 0 spiro atoms. The molecule has 0 bridgehead atoms. The Balaban J connectivity index is 1.83. The lowest BCUT2D eigenvalue weighted by Gasteiger charge is -2.34. The van der Waals surface area contributed by atoms with Gasteiger partial charge in [-0.15, -0.1) is 0 Å². The first-order valence-electron chi connectivity index (χ1n) is 15.0. The van der Waals surface area contributed by atoms with Crippen LogP contribution in [0.1, 0.15) is 37.0 Å². The van der Waals surface area contributed by atoms with Crippen molar-refractivity contribution in [1.82, 2.24) is 10.2 Å². The first-order valence-corrected chi connectivity index (χ1v) is 16.5. The second-order valence-electron chi connectivity index (χ2n) is 11.0. The summed E-state index contributed by atoms with van der Waals surface area (Å²) in [6.45, 7) is 5.41. The van der Waals surface area contributed by atoms with E-state index in [1.807, 2.05) is 75.4 Å². The van der Waals surface area contributed by atoms with Crippen LogP contribution in [-0.2, 0) is 32.6 Å². The normalized spacial score (nSPS) is 12.5. The van der Waals surface area contributed by atoms with Crippen molar-refractivity contribution in [2.45, 2.75) is 57.1 Å². The van der Waals surface area contributed by atoms with Crippen LogP contribution in [0.25, 0.3) is 0 Å². The maximum absolute atomic E-state index is 14.6. The number of anilines is 1. The standard InChI is InChI=1S/C36H41N3O5S/c1-5-28(3)37-36(41)33(24-29-16-8-6-9-17-29)38(25-30-18-14-15-27(2)23-30)35(40)26-39(32-21-12-13-22-34(32)44-4)45(42,43)31-19-10-7-11-20-31/h6-23,28,33H,5,24-26H2,1-4H3,(H,37,41)/t28-,33-/m1/s1. The van der Waals surface area contributed by atoms with Gasteiger partial charge >= 0.3 is 0 Å². The number of sulfonamides is 1. The summed E-state index contributed by atoms with van der Waals surface area (Å²) < 4.78 is 34.9. The molecule has 236 valence electrons. The smallest absolute Gasteiger partial charge is 0.264 e. The zero-order chi connectivity index (χ0) is 32.4. The summed E-state index contributed by atoms with van der Waals surface area (Å²) in [7, 11) is -2.77. The number of rotatable bonds is 14. The van der Waals surface area contributed by atoms with E-state index in [1.165, 1.54) is 24.1 Å². The fraction of sp³-hybridized carbons (Fsp3) is 0.278. The summed E-state index contributed by atoms with van der Waals surface area (Å²) in [6, 6.07) is 30.9. The minimum absolute atomic E-state index is 0.0317. The minimum Gasteiger partial charge on any atom is -0.495 e. The zero-order valence-corrected chi connectivity index (χ0v) is 27.0. The van der Waals surface area contributed by atoms with Crippen molar-refractivity contribution in [3.8, 4) is 5.75 Å². The van der Waals surface area contributed by atoms with Crippen LogP contribution in [0.15, 0.2) is 114 Å². The molecule has 8 nitrogen and oxygen atoms in total. The molecule has 0 aliphatic carbocycles. The van der Waals surface area contributed by atoms with Crippen LogP contribution in [0.5, 0.6) is 5.75 Å². The molecule has 0 radical (unpaired) electrons. The van der Waals surface area contributed by atoms with Gasteiger partial charge in [0.2, 0.25) is 11.8 Å². The number of carbonyl (C=O) groups excluding carboxylic acids is 2. The summed E-state index contributed by atoms with van der Waals surface area (Å²) in [5, 5.41) is 3.06. The van der Waals surface area contributed by atoms with Crippen LogP contribution in [0, 0.1) is 6.92 Å². The predicted octanol–water partition coefficient (Wildman–Crippen LogP) is 5.75. The van der Waals surface area contributed by atoms with Crippen LogP contribution < -0.4 is 14.4 Å². The molecule has 4 aromatic carbocycles. The number of hydrogen-bond donors (Lipinski definition) is 1. The molecule has 0 heterocycles. The Morgan fingerprint density at radius 2 is 1.47 bits per heavy atom. The molecule has 0 saturated heterocycles. The van der Waals surface area contributed by atoms with Gasteiger partial charge in [-0.25, -0.2) is 8.42 Å². The highest BCUT2D eigenvalue weighted by Crippen LogP contribution is 2.32. The Morgan fingerprint density at radius 3 is 2.11 bits per heavy atom. The van der Waals surface area contributed by atoms with Crippen LogP contribution in [0.3, 0.4) is 0 Å². The highest BCUT2D eigenvalue weighted by Gasteiger charge is 2.35. The number of carbonyl (C=O) groups is 2. The lowest BCUT2D eigenvalue weighted by atomic mass is 10.0. The van der Waals surface area contributed by atoms with E-state index in [-0.39, 0.29) is 35.5 Å². The van der Waals surface area contributed by atoms with Crippen molar-refractivity contribution >= 4 is 27.5 Å². The van der Waals surface area contributed by atoms with Crippen molar-refractivity contribution < 1.29 is 22.7 Å². The van der Waals surface area contributed by atoms with Crippen molar-refractivity contribution in [2.24, 2.45) is 0 Å². The Labute approximate surface area is 266 Å². The largest absolute Gasteiger partial charge is 0.495 e. The molecular weight excluding hydrogens is 586 g/mol. The molecule has 0 saturated carbocycles. The van der Waals surface area contributed by atoms with E-state index in [1.54, 1.807) is 42.5 Å². The number of nitrogens with zero attached hydrogens (tertiary/aromatic N) is 2. The average molecular weight is 628 g/mol. The summed E-state index contributed by atoms with van der Waals surface area (Å²) in [6.07, 6.45) is 0.966. The fourth-order valence-corrected chi connectivity index (χ4v) is 6.52. The summed E-state index contributed by atoms with van der Waals surface area (Å²) >= 11 is 0. The third kappa shape index (κ3) is 8.51. The summed E-state index contributed by atoms with van der Waals surface area (Å²) in [4.78, 5) is 30.1. The van der Waals surface area contributed by atoms with E-state index >= 15 is 0 Å². The van der Waals surface area contributed by atoms with E-state index < -0.39 is 28.5 Å². The van der Waals surface area contributed by atoms with Crippen molar-refractivity contribution in [3.63, 3.8) is 0 Å².